The lowest BCUT2D eigenvalue weighted by Crippen LogP contribution is -2.13. The van der Waals surface area contributed by atoms with Gasteiger partial charge < -0.3 is 20.5 Å². The zero-order chi connectivity index (χ0) is 16.7. The Morgan fingerprint density at radius 2 is 1.83 bits per heavy atom. The first kappa shape index (κ1) is 16.7. The molecule has 0 saturated carbocycles. The molecule has 2 aromatic carbocycles. The lowest BCUT2D eigenvalue weighted by Gasteiger charge is -2.10. The maximum absolute atomic E-state index is 12.3. The third kappa shape index (κ3) is 4.64. The second kappa shape index (κ2) is 8.08. The summed E-state index contributed by atoms with van der Waals surface area (Å²) < 4.78 is 10.7. The van der Waals surface area contributed by atoms with Crippen LogP contribution in [0.1, 0.15) is 30.1 Å². The minimum Gasteiger partial charge on any atom is -0.497 e. The van der Waals surface area contributed by atoms with Crippen molar-refractivity contribution in [1.82, 2.24) is 0 Å². The van der Waals surface area contributed by atoms with Crippen LogP contribution in [0.4, 0.5) is 11.4 Å². The van der Waals surface area contributed by atoms with E-state index in [1.807, 2.05) is 0 Å². The predicted molar refractivity (Wildman–Crippen MR) is 92.2 cm³/mol. The number of ether oxygens (including phenoxy) is 2. The summed E-state index contributed by atoms with van der Waals surface area (Å²) in [5.74, 6) is 1.19. The standard InChI is InChI=1S/C18H22N2O3/c1-3-4-11-23-14-7-5-13(6-8-14)18(21)20-17-10-9-15(22-2)12-16(17)19/h5-10,12H,3-4,11,19H2,1-2H3,(H,20,21). The fraction of sp³-hybridized carbons (Fsp3) is 0.278. The molecule has 0 bridgehead atoms. The van der Waals surface area contributed by atoms with E-state index in [2.05, 4.69) is 12.2 Å². The van der Waals surface area contributed by atoms with Gasteiger partial charge >= 0.3 is 0 Å². The molecule has 0 aliphatic carbocycles. The molecule has 0 aliphatic rings. The van der Waals surface area contributed by atoms with E-state index in [0.29, 0.717) is 29.3 Å². The van der Waals surface area contributed by atoms with Gasteiger partial charge in [-0.2, -0.15) is 0 Å². The van der Waals surface area contributed by atoms with Crippen LogP contribution < -0.4 is 20.5 Å². The van der Waals surface area contributed by atoms with E-state index in [1.54, 1.807) is 49.6 Å². The van der Waals surface area contributed by atoms with Crippen LogP contribution in [-0.2, 0) is 0 Å². The highest BCUT2D eigenvalue weighted by molar-refractivity contribution is 6.05. The molecule has 2 rings (SSSR count). The Kier molecular flexibility index (Phi) is 5.86. The van der Waals surface area contributed by atoms with Crippen LogP contribution in [0.3, 0.4) is 0 Å². The summed E-state index contributed by atoms with van der Waals surface area (Å²) in [6.07, 6.45) is 2.10. The van der Waals surface area contributed by atoms with Crippen LogP contribution in [0.15, 0.2) is 42.5 Å². The van der Waals surface area contributed by atoms with Crippen LogP contribution in [0, 0.1) is 0 Å². The van der Waals surface area contributed by atoms with Crippen LogP contribution in [0.2, 0.25) is 0 Å². The largest absolute Gasteiger partial charge is 0.497 e. The zero-order valence-corrected chi connectivity index (χ0v) is 13.5. The SMILES string of the molecule is CCCCOc1ccc(C(=O)Nc2ccc(OC)cc2N)cc1. The summed E-state index contributed by atoms with van der Waals surface area (Å²) in [5.41, 5.74) is 7.46. The molecule has 0 aliphatic heterocycles. The Bertz CT molecular complexity index is 654. The molecule has 0 atom stereocenters. The molecule has 23 heavy (non-hydrogen) atoms. The normalized spacial score (nSPS) is 10.2. The summed E-state index contributed by atoms with van der Waals surface area (Å²) in [6.45, 7) is 2.80. The molecule has 122 valence electrons. The smallest absolute Gasteiger partial charge is 0.255 e. The number of hydrogen-bond donors (Lipinski definition) is 2. The van der Waals surface area contributed by atoms with Gasteiger partial charge in [-0.1, -0.05) is 13.3 Å². The molecule has 5 heteroatoms. The summed E-state index contributed by atoms with van der Waals surface area (Å²) in [7, 11) is 1.57. The Morgan fingerprint density at radius 1 is 1.13 bits per heavy atom. The Balaban J connectivity index is 2.00. The van der Waals surface area contributed by atoms with Crippen LogP contribution >= 0.6 is 0 Å². The number of benzene rings is 2. The monoisotopic (exact) mass is 314 g/mol. The van der Waals surface area contributed by atoms with Gasteiger partial charge in [0.05, 0.1) is 25.1 Å². The molecule has 0 saturated heterocycles. The van der Waals surface area contributed by atoms with Gasteiger partial charge in [0.15, 0.2) is 0 Å². The second-order valence-corrected chi connectivity index (χ2v) is 5.13. The van der Waals surface area contributed by atoms with E-state index >= 15 is 0 Å². The van der Waals surface area contributed by atoms with E-state index in [1.165, 1.54) is 0 Å². The van der Waals surface area contributed by atoms with Crippen molar-refractivity contribution in [3.8, 4) is 11.5 Å². The number of nitrogen functional groups attached to an aromatic ring is 1. The molecular formula is C18H22N2O3. The van der Waals surface area contributed by atoms with Gasteiger partial charge in [0.1, 0.15) is 11.5 Å². The van der Waals surface area contributed by atoms with Gasteiger partial charge in [0, 0.05) is 11.6 Å². The van der Waals surface area contributed by atoms with Crippen molar-refractivity contribution in [2.75, 3.05) is 24.8 Å². The Labute approximate surface area is 136 Å². The number of nitrogens with one attached hydrogen (secondary N) is 1. The molecule has 0 heterocycles. The summed E-state index contributed by atoms with van der Waals surface area (Å²) >= 11 is 0. The van der Waals surface area contributed by atoms with Crippen molar-refractivity contribution in [3.05, 3.63) is 48.0 Å². The summed E-state index contributed by atoms with van der Waals surface area (Å²) in [5, 5.41) is 2.79. The highest BCUT2D eigenvalue weighted by atomic mass is 16.5. The molecule has 1 amide bonds. The maximum atomic E-state index is 12.3. The number of unbranched alkanes of at least 4 members (excludes halogenated alkanes) is 1. The molecule has 3 N–H and O–H groups in total. The van der Waals surface area contributed by atoms with Gasteiger partial charge in [-0.25, -0.2) is 0 Å². The topological polar surface area (TPSA) is 73.6 Å². The number of carbonyl (C=O) groups excluding carboxylic acids is 1. The van der Waals surface area contributed by atoms with Crippen molar-refractivity contribution in [3.63, 3.8) is 0 Å². The number of carbonyl (C=O) groups is 1. The first-order valence-electron chi connectivity index (χ1n) is 7.61. The number of anilines is 2. The highest BCUT2D eigenvalue weighted by Crippen LogP contribution is 2.24. The van der Waals surface area contributed by atoms with Crippen molar-refractivity contribution in [1.29, 1.82) is 0 Å². The van der Waals surface area contributed by atoms with Gasteiger partial charge in [-0.3, -0.25) is 4.79 Å². The van der Waals surface area contributed by atoms with Crippen molar-refractivity contribution < 1.29 is 14.3 Å². The lowest BCUT2D eigenvalue weighted by molar-refractivity contribution is 0.102. The Hall–Kier alpha value is -2.69. The maximum Gasteiger partial charge on any atom is 0.255 e. The predicted octanol–water partition coefficient (Wildman–Crippen LogP) is 3.71. The van der Waals surface area contributed by atoms with E-state index in [-0.39, 0.29) is 5.91 Å². The second-order valence-electron chi connectivity index (χ2n) is 5.13. The average Bonchev–Trinajstić information content (AvgIpc) is 2.57. The molecule has 0 spiro atoms. The van der Waals surface area contributed by atoms with Gasteiger partial charge in [-0.05, 0) is 42.8 Å². The molecular weight excluding hydrogens is 292 g/mol. The van der Waals surface area contributed by atoms with Crippen LogP contribution in [-0.4, -0.2) is 19.6 Å². The van der Waals surface area contributed by atoms with E-state index in [4.69, 9.17) is 15.2 Å². The molecule has 0 unspecified atom stereocenters. The minimum absolute atomic E-state index is 0.220. The van der Waals surface area contributed by atoms with Gasteiger partial charge in [-0.15, -0.1) is 0 Å². The first-order valence-corrected chi connectivity index (χ1v) is 7.61. The van der Waals surface area contributed by atoms with Crippen LogP contribution in [0.5, 0.6) is 11.5 Å². The van der Waals surface area contributed by atoms with Crippen molar-refractivity contribution in [2.24, 2.45) is 0 Å². The van der Waals surface area contributed by atoms with Gasteiger partial charge in [0.25, 0.3) is 5.91 Å². The number of amides is 1. The third-order valence-electron chi connectivity index (χ3n) is 3.39. The molecule has 5 nitrogen and oxygen atoms in total. The fourth-order valence-corrected chi connectivity index (χ4v) is 2.01. The van der Waals surface area contributed by atoms with Crippen LogP contribution in [0.25, 0.3) is 0 Å². The molecule has 0 fully saturated rings. The van der Waals surface area contributed by atoms with Gasteiger partial charge in [0.2, 0.25) is 0 Å². The fourth-order valence-electron chi connectivity index (χ4n) is 2.01. The molecule has 0 radical (unpaired) electrons. The molecule has 0 aromatic heterocycles. The number of rotatable bonds is 7. The van der Waals surface area contributed by atoms with E-state index < -0.39 is 0 Å². The average molecular weight is 314 g/mol. The summed E-state index contributed by atoms with van der Waals surface area (Å²) in [4.78, 5) is 12.3. The van der Waals surface area contributed by atoms with E-state index in [0.717, 1.165) is 18.6 Å². The first-order chi connectivity index (χ1) is 11.1. The minimum atomic E-state index is -0.220. The number of nitrogens with two attached hydrogens (primary N) is 1. The molecule has 2 aromatic rings. The highest BCUT2D eigenvalue weighted by Gasteiger charge is 2.09. The quantitative estimate of drug-likeness (QED) is 0.603. The number of methoxy groups -OCH3 is 1. The Morgan fingerprint density at radius 3 is 2.43 bits per heavy atom. The zero-order valence-electron chi connectivity index (χ0n) is 13.5. The van der Waals surface area contributed by atoms with E-state index in [9.17, 15) is 4.79 Å². The van der Waals surface area contributed by atoms with Crippen molar-refractivity contribution in [2.45, 2.75) is 19.8 Å². The lowest BCUT2D eigenvalue weighted by atomic mass is 10.2. The number of hydrogen-bond acceptors (Lipinski definition) is 4. The van der Waals surface area contributed by atoms with Crippen molar-refractivity contribution >= 4 is 17.3 Å². The summed E-state index contributed by atoms with van der Waals surface area (Å²) in [6, 6.07) is 12.2. The third-order valence-corrected chi connectivity index (χ3v) is 3.39.